The molecule has 6 heteroatoms. The largest absolute Gasteiger partial charge is 0.320 e. The molecule has 0 bridgehead atoms. The van der Waals surface area contributed by atoms with Crippen molar-refractivity contribution in [1.82, 2.24) is 9.55 Å². The first-order valence-corrected chi connectivity index (χ1v) is 8.01. The van der Waals surface area contributed by atoms with E-state index in [0.29, 0.717) is 27.7 Å². The molecular formula is C20H14FN3O2. The molecule has 128 valence electrons. The molecule has 0 aliphatic rings. The zero-order chi connectivity index (χ0) is 18.3. The van der Waals surface area contributed by atoms with Crippen molar-refractivity contribution in [3.63, 3.8) is 0 Å². The van der Waals surface area contributed by atoms with E-state index in [1.807, 2.05) is 24.3 Å². The summed E-state index contributed by atoms with van der Waals surface area (Å²) in [6.07, 6.45) is 3.09. The molecular weight excluding hydrogens is 333 g/mol. The van der Waals surface area contributed by atoms with Crippen LogP contribution in [0.15, 0.2) is 60.9 Å². The van der Waals surface area contributed by atoms with Gasteiger partial charge in [-0.25, -0.2) is 4.39 Å². The summed E-state index contributed by atoms with van der Waals surface area (Å²) in [5.74, 6) is -1.16. The van der Waals surface area contributed by atoms with Crippen molar-refractivity contribution in [3.8, 4) is 0 Å². The maximum Gasteiger partial charge on any atom is 0.257 e. The van der Waals surface area contributed by atoms with Crippen molar-refractivity contribution in [2.45, 2.75) is 6.92 Å². The first-order chi connectivity index (χ1) is 12.5. The zero-order valence-electron chi connectivity index (χ0n) is 13.9. The van der Waals surface area contributed by atoms with Gasteiger partial charge in [-0.05, 0) is 30.3 Å². The van der Waals surface area contributed by atoms with Crippen LogP contribution in [0.5, 0.6) is 0 Å². The van der Waals surface area contributed by atoms with Crippen LogP contribution in [0.3, 0.4) is 0 Å². The van der Waals surface area contributed by atoms with Crippen molar-refractivity contribution in [2.75, 3.05) is 5.32 Å². The lowest BCUT2D eigenvalue weighted by atomic mass is 10.1. The molecule has 0 unspecified atom stereocenters. The molecule has 26 heavy (non-hydrogen) atoms. The summed E-state index contributed by atoms with van der Waals surface area (Å²) in [5.41, 5.74) is 1.89. The number of hydrogen-bond acceptors (Lipinski definition) is 3. The molecule has 0 saturated heterocycles. The predicted molar refractivity (Wildman–Crippen MR) is 97.9 cm³/mol. The van der Waals surface area contributed by atoms with Gasteiger partial charge >= 0.3 is 0 Å². The van der Waals surface area contributed by atoms with Crippen molar-refractivity contribution >= 4 is 39.3 Å². The molecule has 0 saturated carbocycles. The second-order valence-corrected chi connectivity index (χ2v) is 5.93. The van der Waals surface area contributed by atoms with E-state index in [2.05, 4.69) is 10.3 Å². The Morgan fingerprint density at radius 1 is 1.12 bits per heavy atom. The lowest BCUT2D eigenvalue weighted by molar-refractivity contribution is 0.0941. The predicted octanol–water partition coefficient (Wildman–Crippen LogP) is 4.24. The minimum Gasteiger partial charge on any atom is -0.320 e. The SMILES string of the molecule is CC(=O)n1cc(C(=O)Nc2cccc3cccnc23)c2ccc(F)cc21. The van der Waals surface area contributed by atoms with Gasteiger partial charge in [-0.15, -0.1) is 0 Å². The highest BCUT2D eigenvalue weighted by molar-refractivity contribution is 6.16. The number of fused-ring (bicyclic) bond motifs is 2. The molecule has 1 N–H and O–H groups in total. The molecule has 0 spiro atoms. The van der Waals surface area contributed by atoms with Gasteiger partial charge in [-0.2, -0.15) is 0 Å². The van der Waals surface area contributed by atoms with Gasteiger partial charge in [0.15, 0.2) is 0 Å². The maximum absolute atomic E-state index is 13.6. The third-order valence-corrected chi connectivity index (χ3v) is 4.23. The van der Waals surface area contributed by atoms with Crippen LogP contribution in [0.2, 0.25) is 0 Å². The molecule has 0 aliphatic heterocycles. The maximum atomic E-state index is 13.6. The minimum atomic E-state index is -0.469. The highest BCUT2D eigenvalue weighted by Gasteiger charge is 2.18. The Kier molecular flexibility index (Phi) is 3.73. The zero-order valence-corrected chi connectivity index (χ0v) is 13.9. The summed E-state index contributed by atoms with van der Waals surface area (Å²) in [4.78, 5) is 29.0. The Labute approximate surface area is 148 Å². The van der Waals surface area contributed by atoms with Gasteiger partial charge < -0.3 is 5.32 Å². The minimum absolute atomic E-state index is 0.295. The molecule has 0 radical (unpaired) electrons. The van der Waals surface area contributed by atoms with E-state index in [4.69, 9.17) is 0 Å². The fourth-order valence-electron chi connectivity index (χ4n) is 3.04. The average molecular weight is 347 g/mol. The fraction of sp³-hybridized carbons (Fsp3) is 0.0500. The lowest BCUT2D eigenvalue weighted by Crippen LogP contribution is -2.12. The topological polar surface area (TPSA) is 64.0 Å². The number of para-hydroxylation sites is 1. The van der Waals surface area contributed by atoms with Crippen LogP contribution in [-0.4, -0.2) is 21.4 Å². The van der Waals surface area contributed by atoms with Gasteiger partial charge in [0.1, 0.15) is 5.82 Å². The van der Waals surface area contributed by atoms with Crippen LogP contribution in [0, 0.1) is 5.82 Å². The summed E-state index contributed by atoms with van der Waals surface area (Å²) in [6.45, 7) is 1.36. The molecule has 4 rings (SSSR count). The Bertz CT molecular complexity index is 1180. The molecule has 2 aromatic heterocycles. The number of carbonyl (C=O) groups is 2. The van der Waals surface area contributed by atoms with E-state index in [0.717, 1.165) is 5.39 Å². The number of nitrogens with one attached hydrogen (secondary N) is 1. The molecule has 0 fully saturated rings. The van der Waals surface area contributed by atoms with Crippen LogP contribution in [0.4, 0.5) is 10.1 Å². The van der Waals surface area contributed by atoms with Gasteiger partial charge in [0.25, 0.3) is 5.91 Å². The quantitative estimate of drug-likeness (QED) is 0.590. The summed E-state index contributed by atoms with van der Waals surface area (Å²) in [5, 5.41) is 4.25. The standard InChI is InChI=1S/C20H14FN3O2/c1-12(25)24-11-16(15-8-7-14(21)10-18(15)24)20(26)23-17-6-2-4-13-5-3-9-22-19(13)17/h2-11H,1H3,(H,23,26). The van der Waals surface area contributed by atoms with Gasteiger partial charge in [-0.1, -0.05) is 18.2 Å². The highest BCUT2D eigenvalue weighted by atomic mass is 19.1. The second-order valence-electron chi connectivity index (χ2n) is 5.93. The number of aromatic nitrogens is 2. The van der Waals surface area contributed by atoms with Gasteiger partial charge in [0.2, 0.25) is 5.91 Å². The number of hydrogen-bond donors (Lipinski definition) is 1. The monoisotopic (exact) mass is 347 g/mol. The number of benzene rings is 2. The third-order valence-electron chi connectivity index (χ3n) is 4.23. The van der Waals surface area contributed by atoms with Crippen LogP contribution in [-0.2, 0) is 0 Å². The molecule has 1 amide bonds. The smallest absolute Gasteiger partial charge is 0.257 e. The molecule has 4 aromatic rings. The Balaban J connectivity index is 1.80. The van der Waals surface area contributed by atoms with E-state index in [1.165, 1.54) is 35.9 Å². The summed E-state index contributed by atoms with van der Waals surface area (Å²) in [7, 11) is 0. The number of halogens is 1. The lowest BCUT2D eigenvalue weighted by Gasteiger charge is -2.07. The van der Waals surface area contributed by atoms with Gasteiger partial charge in [0.05, 0.1) is 22.3 Å². The number of amides is 1. The molecule has 2 heterocycles. The Hall–Kier alpha value is -3.54. The summed E-state index contributed by atoms with van der Waals surface area (Å²) in [6, 6.07) is 13.2. The first kappa shape index (κ1) is 16.0. The van der Waals surface area contributed by atoms with Crippen molar-refractivity contribution < 1.29 is 14.0 Å². The van der Waals surface area contributed by atoms with Crippen LogP contribution >= 0.6 is 0 Å². The van der Waals surface area contributed by atoms with Crippen LogP contribution < -0.4 is 5.32 Å². The summed E-state index contributed by atoms with van der Waals surface area (Å²) >= 11 is 0. The van der Waals surface area contributed by atoms with Crippen LogP contribution in [0.25, 0.3) is 21.8 Å². The highest BCUT2D eigenvalue weighted by Crippen LogP contribution is 2.25. The number of nitrogens with zero attached hydrogens (tertiary/aromatic N) is 2. The number of rotatable bonds is 2. The van der Waals surface area contributed by atoms with E-state index in [-0.39, 0.29) is 11.8 Å². The molecule has 5 nitrogen and oxygen atoms in total. The normalized spacial score (nSPS) is 11.0. The van der Waals surface area contributed by atoms with Crippen LogP contribution in [0.1, 0.15) is 22.1 Å². The van der Waals surface area contributed by atoms with Gasteiger partial charge in [0, 0.05) is 30.1 Å². The van der Waals surface area contributed by atoms with E-state index >= 15 is 0 Å². The Morgan fingerprint density at radius 2 is 1.92 bits per heavy atom. The summed E-state index contributed by atoms with van der Waals surface area (Å²) < 4.78 is 14.9. The van der Waals surface area contributed by atoms with Crippen molar-refractivity contribution in [2.24, 2.45) is 0 Å². The van der Waals surface area contributed by atoms with Crippen molar-refractivity contribution in [3.05, 3.63) is 72.3 Å². The van der Waals surface area contributed by atoms with E-state index in [9.17, 15) is 14.0 Å². The molecule has 0 atom stereocenters. The Morgan fingerprint density at radius 3 is 2.73 bits per heavy atom. The second kappa shape index (κ2) is 6.07. The van der Waals surface area contributed by atoms with E-state index < -0.39 is 5.82 Å². The molecule has 0 aliphatic carbocycles. The number of carbonyl (C=O) groups excluding carboxylic acids is 2. The van der Waals surface area contributed by atoms with Gasteiger partial charge in [-0.3, -0.25) is 19.1 Å². The third kappa shape index (κ3) is 2.61. The first-order valence-electron chi connectivity index (χ1n) is 8.01. The number of anilines is 1. The fourth-order valence-corrected chi connectivity index (χ4v) is 3.04. The average Bonchev–Trinajstić information content (AvgIpc) is 3.01. The van der Waals surface area contributed by atoms with E-state index in [1.54, 1.807) is 12.3 Å². The number of pyridine rings is 1. The van der Waals surface area contributed by atoms with Crippen molar-refractivity contribution in [1.29, 1.82) is 0 Å². The molecule has 2 aromatic carbocycles.